The number of carbonyl (C=O) groups excluding carboxylic acids is 1. The summed E-state index contributed by atoms with van der Waals surface area (Å²) in [6.07, 6.45) is 8.76. The van der Waals surface area contributed by atoms with Crippen LogP contribution in [0.4, 0.5) is 78.8 Å². The number of aldehydes is 1. The molecule has 2 radical (unpaired) electrons. The number of hydrogen-bond acceptors (Lipinski definition) is 29. The van der Waals surface area contributed by atoms with E-state index in [1.165, 1.54) is 94.1 Å². The molecule has 6 heterocycles. The second kappa shape index (κ2) is 76.9. The zero-order valence-corrected chi connectivity index (χ0v) is 107. The van der Waals surface area contributed by atoms with E-state index in [1.54, 1.807) is 18.3 Å². The van der Waals surface area contributed by atoms with Gasteiger partial charge in [-0.1, -0.05) is 175 Å². The zero-order valence-electron chi connectivity index (χ0n) is 84.4. The van der Waals surface area contributed by atoms with E-state index >= 15 is 0 Å². The van der Waals surface area contributed by atoms with Crippen LogP contribution in [0, 0.1) is 61.7 Å². The van der Waals surface area contributed by atoms with Crippen molar-refractivity contribution in [2.45, 2.75) is 124 Å². The Hall–Kier alpha value is -2.54. The van der Waals surface area contributed by atoms with Crippen LogP contribution in [-0.2, 0) is 65.0 Å². The fourth-order valence-electron chi connectivity index (χ4n) is 11.0. The van der Waals surface area contributed by atoms with Crippen molar-refractivity contribution in [3.63, 3.8) is 0 Å². The van der Waals surface area contributed by atoms with Crippen LogP contribution in [0.1, 0.15) is 101 Å². The van der Waals surface area contributed by atoms with Crippen molar-refractivity contribution in [3.05, 3.63) is 209 Å². The van der Waals surface area contributed by atoms with Gasteiger partial charge in [-0.15, -0.1) is 0 Å². The number of nitrogens with zero attached hydrogens (tertiary/aromatic N) is 10. The molecular weight excluding hydrogens is 2910 g/mol. The molecule has 8 aromatic rings. The Bertz CT molecular complexity index is 4800. The van der Waals surface area contributed by atoms with Crippen molar-refractivity contribution in [2.75, 3.05) is 195 Å². The van der Waals surface area contributed by atoms with E-state index in [-0.39, 0.29) is 120 Å². The van der Waals surface area contributed by atoms with E-state index in [9.17, 15) is 47.0 Å². The van der Waals surface area contributed by atoms with Crippen molar-refractivity contribution in [1.82, 2.24) is 39.5 Å². The minimum Gasteiger partial charge on any atom is -0.405 e. The van der Waals surface area contributed by atoms with Crippen molar-refractivity contribution in [1.29, 1.82) is 0 Å². The number of hydrogen-bond donors (Lipinski definition) is 10. The van der Waals surface area contributed by atoms with Crippen LogP contribution in [-0.4, -0.2) is 266 Å². The SMILES string of the molecule is C.CC1(C)OB(B2OC(C)(C)C(C)(C)O2)OC1(C)C.CI.CN(C)CCN.CN(C)CCNc1cc(F)cc(-c2cncc(N)c2N)c1.CN(C)CCNc1cc(F)cc(-c2cncc(N)c2[N+](=O)[O-])c1.CN(C)CCNc1cc(F)cc(B2OC(C)(C)C(C)(C)O2)c1.CN(C)CCNc1cc(F)cc(Br)c1.CO.IC(I)I.ICI.Nc1cncc(Br)c1[N+](=O)[O-].O=Cc1cc(F)cc(Br)c1.[CH2-]I.[CH3-].[V].[V]. The van der Waals surface area contributed by atoms with Gasteiger partial charge in [-0.2, -0.15) is 0 Å². The third kappa shape index (κ3) is 58.3. The largest absolute Gasteiger partial charge is 0.495 e. The Morgan fingerprint density at radius 1 is 0.458 bits per heavy atom. The number of likely N-dealkylation sites (N-methyl/N-ethyl adjacent to an activating group) is 5. The number of pyridine rings is 3. The van der Waals surface area contributed by atoms with Crippen LogP contribution in [0.5, 0.6) is 0 Å². The molecule has 0 atom stereocenters. The van der Waals surface area contributed by atoms with Gasteiger partial charge in [0, 0.05) is 171 Å². The Morgan fingerprint density at radius 2 is 0.739 bits per heavy atom. The van der Waals surface area contributed by atoms with E-state index < -0.39 is 53.8 Å². The molecule has 51 heteroatoms. The first kappa shape index (κ1) is 150. The molecule has 5 aromatic carbocycles. The predicted octanol–water partition coefficient (Wildman–Crippen LogP) is 21.9. The summed E-state index contributed by atoms with van der Waals surface area (Å²) < 4.78 is 106. The number of carbonyl (C=O) groups is 1. The first-order valence-corrected chi connectivity index (χ1v) is 54.8. The van der Waals surface area contributed by atoms with Crippen molar-refractivity contribution >= 4 is 296 Å². The molecule has 0 amide bonds. The monoisotopic (exact) mass is 3050 g/mol. The normalized spacial score (nSPS) is 13.8. The van der Waals surface area contributed by atoms with Gasteiger partial charge in [-0.05, 0) is 282 Å². The maximum Gasteiger partial charge on any atom is 0.495 e. The van der Waals surface area contributed by atoms with Crippen LogP contribution in [0.3, 0.4) is 0 Å². The second-order valence-electron chi connectivity index (χ2n) is 33.8. The van der Waals surface area contributed by atoms with E-state index in [4.69, 9.17) is 61.7 Å². The van der Waals surface area contributed by atoms with E-state index in [0.29, 0.717) is 72.2 Å². The van der Waals surface area contributed by atoms with Crippen LogP contribution in [0.15, 0.2) is 142 Å². The van der Waals surface area contributed by atoms with Gasteiger partial charge >= 0.3 is 32.5 Å². The number of anilines is 8. The maximum atomic E-state index is 13.9. The molecule has 3 saturated heterocycles. The molecule has 0 unspecified atom stereocenters. The number of nitrogens with two attached hydrogens (primary N) is 5. The van der Waals surface area contributed by atoms with E-state index in [2.05, 4.69) is 239 Å². The van der Waals surface area contributed by atoms with Crippen LogP contribution in [0.25, 0.3) is 22.3 Å². The zero-order chi connectivity index (χ0) is 107. The van der Waals surface area contributed by atoms with Gasteiger partial charge in [-0.3, -0.25) is 44.9 Å². The van der Waals surface area contributed by atoms with E-state index in [1.807, 2.05) is 209 Å². The number of nitrogens with one attached hydrogen (secondary N) is 4. The summed E-state index contributed by atoms with van der Waals surface area (Å²) >= 11 is 24.8. The molecule has 0 saturated carbocycles. The first-order chi connectivity index (χ1) is 64.2. The maximum absolute atomic E-state index is 13.9. The Balaban J connectivity index is -0.000000371. The van der Waals surface area contributed by atoms with Crippen molar-refractivity contribution in [3.8, 4) is 22.3 Å². The number of alkyl halides is 6. The van der Waals surface area contributed by atoms with Gasteiger partial charge in [0.1, 0.15) is 51.2 Å². The van der Waals surface area contributed by atoms with Gasteiger partial charge < -0.3 is 137 Å². The van der Waals surface area contributed by atoms with Gasteiger partial charge in [0.15, 0.2) is 0 Å². The third-order valence-electron chi connectivity index (χ3n) is 19.9. The standard InChI is InChI=1S/C16H26BFN2O2.C15H18FN5O2.C15H20FN5.C12H24B2O4.C10H14BrFN2.C7H4BrFO.C5H4BrN3O2.C4H12N2.CHI3.CH2I2.CH3I.CH2I.CH4O.CH4.CH3.2V/c1-15(2)16(3,4)22-17(21-15)12-9-13(18)11-14(10-12)19-7-8-20(5)6;1-20(2)4-3-19-12-6-10(5-11(16)7-12)13-8-18-9-14(17)15(13)21(22)23;1-21(2)4-3-20-12-6-10(5-11(16)7-12)13-8-19-9-14(17)15(13)18;1-9(2)10(3,4)16-13(15-9)14-17-11(5,6)12(7,8)18-14;1-14(2)4-3-13-10-6-8(11)5-9(12)7-10;8-6-1-5(4-10)2-7(9)3-6;6-3-1-8-2-4(7)5(3)9(10)11;1-6(2)4-3-5;2-1(3)4;2-1-3;3*1-2;;;;/h9-11,19H,7-8H2,1-6H3;5-9,19H,3-4,17H2,1-2H3;5-9,20H,3-4,17H2,1-2H3,(H2,18,19);1-8H3;5-7,13H,3-4H2,1-2H3;1-4H;1-2H,7H2;3-5H2,1-2H3;1H;1H2;1H3;1H2;2H,1H3;1H4;1H3;;/q;;;;;;;;;;;-1;;;-1;;. The number of aromatic nitrogens is 3. The Kier molecular flexibility index (Phi) is 81.3. The fourth-order valence-corrected chi connectivity index (χ4v) is 12.5. The first-order valence-electron chi connectivity index (χ1n) is 42.0. The van der Waals surface area contributed by atoms with E-state index in [0.717, 1.165) is 81.8 Å². The molecule has 31 nitrogen and oxygen atoms in total. The topological polar surface area (TPSA) is 412 Å². The summed E-state index contributed by atoms with van der Waals surface area (Å²) in [4.78, 5) is 57.5. The summed E-state index contributed by atoms with van der Waals surface area (Å²) in [5.74, 6) is -1.75. The molecule has 0 spiro atoms. The Morgan fingerprint density at radius 3 is 1.04 bits per heavy atom. The molecule has 798 valence electrons. The molecule has 142 heavy (non-hydrogen) atoms. The number of nitrogen functional groups attached to an aromatic ring is 4. The van der Waals surface area contributed by atoms with Crippen molar-refractivity contribution in [2.24, 2.45) is 5.73 Å². The molecule has 3 aliphatic heterocycles. The number of aliphatic hydroxyl groups excluding tert-OH is 1. The second-order valence-corrected chi connectivity index (χ2v) is 51.8. The summed E-state index contributed by atoms with van der Waals surface area (Å²) in [5, 5.41) is 41.2. The predicted molar refractivity (Wildman–Crippen MR) is 645 cm³/mol. The molecular formula is C91H141B3Br3F5I7N19O12V2-2. The quantitative estimate of drug-likeness (QED) is 0.00371. The summed E-state index contributed by atoms with van der Waals surface area (Å²) in [6, 6.07) is 22.6. The number of nitro groups is 2. The fraction of sp³-hybridized carbons (Fsp3) is 0.473. The minimum absolute atomic E-state index is 0. The molecule has 3 aromatic heterocycles. The van der Waals surface area contributed by atoms with Crippen LogP contribution >= 0.6 is 206 Å². The minimum atomic E-state index is -0.587. The van der Waals surface area contributed by atoms with Gasteiger partial charge in [-0.25, -0.2) is 22.0 Å². The molecule has 15 N–H and O–H groups in total. The molecule has 0 aliphatic carbocycles. The summed E-state index contributed by atoms with van der Waals surface area (Å²) in [6.45, 7) is 32.2. The van der Waals surface area contributed by atoms with Gasteiger partial charge in [0.25, 0.3) is 0 Å². The Labute approximate surface area is 985 Å². The van der Waals surface area contributed by atoms with Gasteiger partial charge in [0.05, 0.1) is 81.4 Å². The molecule has 3 fully saturated rings. The summed E-state index contributed by atoms with van der Waals surface area (Å²) in [5.41, 5.74) is 31.5. The average molecular weight is 3050 g/mol. The number of halogens is 15. The smallest absolute Gasteiger partial charge is 0.405 e. The van der Waals surface area contributed by atoms with Crippen LogP contribution in [0.2, 0.25) is 0 Å². The number of benzene rings is 5. The number of aliphatic hydroxyl groups is 1. The van der Waals surface area contributed by atoms with Crippen molar-refractivity contribution < 1.29 is 107 Å². The molecule has 11 rings (SSSR count). The van der Waals surface area contributed by atoms with Gasteiger partial charge in [0.2, 0.25) is 0 Å². The molecule has 3 aliphatic rings. The molecule has 0 bridgehead atoms. The van der Waals surface area contributed by atoms with Crippen LogP contribution < -0.4 is 55.4 Å². The average Bonchev–Trinajstić information content (AvgIpc) is 1.59. The number of rotatable bonds is 25. The summed E-state index contributed by atoms with van der Waals surface area (Å²) in [7, 11) is 19.4. The third-order valence-corrected chi connectivity index (χ3v) is 21.4.